The van der Waals surface area contributed by atoms with Crippen molar-refractivity contribution in [3.63, 3.8) is 0 Å². The Hall–Kier alpha value is -2.79. The summed E-state index contributed by atoms with van der Waals surface area (Å²) in [6.07, 6.45) is 0.622. The lowest BCUT2D eigenvalue weighted by molar-refractivity contribution is -0.142. The molecule has 1 aromatic rings. The van der Waals surface area contributed by atoms with Crippen molar-refractivity contribution < 1.29 is 29.4 Å². The SMILES string of the molecule is CCC(C)C(NC(=O)C(Cc1ccc(O)cc1)NC(=O)C(N)CS)C(=O)NC(C)C(=O)O. The van der Waals surface area contributed by atoms with Gasteiger partial charge < -0.3 is 31.9 Å². The molecule has 178 valence electrons. The van der Waals surface area contributed by atoms with E-state index in [0.29, 0.717) is 12.0 Å². The van der Waals surface area contributed by atoms with Crippen LogP contribution in [0.1, 0.15) is 32.8 Å². The molecule has 5 atom stereocenters. The summed E-state index contributed by atoms with van der Waals surface area (Å²) in [4.78, 5) is 49.1. The van der Waals surface area contributed by atoms with Crippen LogP contribution in [0.5, 0.6) is 5.75 Å². The lowest BCUT2D eigenvalue weighted by Crippen LogP contribution is -2.59. The first-order chi connectivity index (χ1) is 15.0. The van der Waals surface area contributed by atoms with Crippen LogP contribution in [0.25, 0.3) is 0 Å². The van der Waals surface area contributed by atoms with Crippen molar-refractivity contribution >= 4 is 36.3 Å². The van der Waals surface area contributed by atoms with E-state index >= 15 is 0 Å². The molecule has 0 aliphatic rings. The molecule has 1 aromatic carbocycles. The van der Waals surface area contributed by atoms with Gasteiger partial charge in [-0.25, -0.2) is 0 Å². The average molecular weight is 469 g/mol. The number of hydrogen-bond acceptors (Lipinski definition) is 7. The van der Waals surface area contributed by atoms with Crippen molar-refractivity contribution in [3.05, 3.63) is 29.8 Å². The average Bonchev–Trinajstić information content (AvgIpc) is 2.76. The molecular formula is C21H32N4O6S. The Bertz CT molecular complexity index is 804. The van der Waals surface area contributed by atoms with Crippen LogP contribution >= 0.6 is 12.6 Å². The van der Waals surface area contributed by atoms with Crippen LogP contribution in [0, 0.1) is 5.92 Å². The van der Waals surface area contributed by atoms with Gasteiger partial charge in [0.15, 0.2) is 0 Å². The number of phenols is 1. The molecule has 0 spiro atoms. The number of thiol groups is 1. The first kappa shape index (κ1) is 27.2. The molecular weight excluding hydrogens is 436 g/mol. The topological polar surface area (TPSA) is 171 Å². The van der Waals surface area contributed by atoms with Crippen LogP contribution in [0.15, 0.2) is 24.3 Å². The molecule has 0 saturated carbocycles. The fraction of sp³-hybridized carbons (Fsp3) is 0.524. The van der Waals surface area contributed by atoms with Gasteiger partial charge in [-0.1, -0.05) is 32.4 Å². The molecule has 1 rings (SSSR count). The monoisotopic (exact) mass is 468 g/mol. The summed E-state index contributed by atoms with van der Waals surface area (Å²) in [7, 11) is 0. The standard InChI is InChI=1S/C21H32N4O6S/c1-4-11(2)17(20(29)23-12(3)21(30)31)25-19(28)16(24-18(27)15(22)10-32)9-13-5-7-14(26)8-6-13/h5-8,11-12,15-17,26,32H,4,9-10,22H2,1-3H3,(H,23,29)(H,24,27)(H,25,28)(H,30,31). The minimum atomic E-state index is -1.20. The number of aliphatic carboxylic acids is 1. The maximum atomic E-state index is 13.1. The van der Waals surface area contributed by atoms with E-state index < -0.39 is 47.9 Å². The Morgan fingerprint density at radius 3 is 2.09 bits per heavy atom. The minimum Gasteiger partial charge on any atom is -0.508 e. The van der Waals surface area contributed by atoms with Crippen LogP contribution in [-0.4, -0.2) is 63.8 Å². The van der Waals surface area contributed by atoms with Crippen LogP contribution in [0.2, 0.25) is 0 Å². The number of phenolic OH excluding ortho intramolecular Hbond substituents is 1. The van der Waals surface area contributed by atoms with E-state index in [4.69, 9.17) is 10.8 Å². The molecule has 7 N–H and O–H groups in total. The highest BCUT2D eigenvalue weighted by Crippen LogP contribution is 2.13. The molecule has 32 heavy (non-hydrogen) atoms. The second kappa shape index (κ2) is 12.9. The molecule has 0 radical (unpaired) electrons. The Morgan fingerprint density at radius 2 is 1.59 bits per heavy atom. The van der Waals surface area contributed by atoms with Crippen molar-refractivity contribution in [1.82, 2.24) is 16.0 Å². The van der Waals surface area contributed by atoms with Crippen molar-refractivity contribution in [1.29, 1.82) is 0 Å². The Morgan fingerprint density at radius 1 is 1.00 bits per heavy atom. The van der Waals surface area contributed by atoms with E-state index in [9.17, 15) is 24.3 Å². The fourth-order valence-corrected chi connectivity index (χ4v) is 2.93. The largest absolute Gasteiger partial charge is 0.508 e. The number of nitrogens with two attached hydrogens (primary N) is 1. The van der Waals surface area contributed by atoms with Crippen molar-refractivity contribution in [2.45, 2.75) is 57.8 Å². The van der Waals surface area contributed by atoms with Gasteiger partial charge in [0.1, 0.15) is 23.9 Å². The summed E-state index contributed by atoms with van der Waals surface area (Å²) < 4.78 is 0. The van der Waals surface area contributed by atoms with Crippen molar-refractivity contribution in [2.24, 2.45) is 11.7 Å². The summed E-state index contributed by atoms with van der Waals surface area (Å²) in [6, 6.07) is 1.98. The lowest BCUT2D eigenvalue weighted by atomic mass is 9.96. The van der Waals surface area contributed by atoms with E-state index in [1.54, 1.807) is 19.1 Å². The summed E-state index contributed by atoms with van der Waals surface area (Å²) in [5, 5.41) is 26.1. The van der Waals surface area contributed by atoms with Crippen molar-refractivity contribution in [2.75, 3.05) is 5.75 Å². The number of carboxylic acids is 1. The fourth-order valence-electron chi connectivity index (χ4n) is 2.76. The zero-order valence-electron chi connectivity index (χ0n) is 18.4. The van der Waals surface area contributed by atoms with Crippen molar-refractivity contribution in [3.8, 4) is 5.75 Å². The molecule has 5 unspecified atom stereocenters. The number of hydrogen-bond donors (Lipinski definition) is 7. The molecule has 0 fully saturated rings. The number of amides is 3. The van der Waals surface area contributed by atoms with E-state index in [2.05, 4.69) is 28.6 Å². The third-order valence-electron chi connectivity index (χ3n) is 5.07. The molecule has 0 saturated heterocycles. The Balaban J connectivity index is 3.09. The van der Waals surface area contributed by atoms with Gasteiger partial charge in [0.05, 0.1) is 6.04 Å². The summed E-state index contributed by atoms with van der Waals surface area (Å²) in [5.41, 5.74) is 6.37. The van der Waals surface area contributed by atoms with Gasteiger partial charge >= 0.3 is 5.97 Å². The van der Waals surface area contributed by atoms with Gasteiger partial charge in [0.2, 0.25) is 17.7 Å². The smallest absolute Gasteiger partial charge is 0.325 e. The van der Waals surface area contributed by atoms with Gasteiger partial charge in [0.25, 0.3) is 0 Å². The van der Waals surface area contributed by atoms with Crippen LogP contribution in [-0.2, 0) is 25.6 Å². The molecule has 0 bridgehead atoms. The van der Waals surface area contributed by atoms with Crippen LogP contribution in [0.4, 0.5) is 0 Å². The third kappa shape index (κ3) is 8.39. The van der Waals surface area contributed by atoms with Gasteiger partial charge in [-0.2, -0.15) is 12.6 Å². The first-order valence-corrected chi connectivity index (χ1v) is 10.9. The van der Waals surface area contributed by atoms with E-state index in [0.717, 1.165) is 0 Å². The minimum absolute atomic E-state index is 0.0527. The number of benzene rings is 1. The molecule has 3 amide bonds. The molecule has 11 heteroatoms. The van der Waals surface area contributed by atoms with E-state index in [1.807, 2.05) is 6.92 Å². The van der Waals surface area contributed by atoms with E-state index in [-0.39, 0.29) is 23.8 Å². The number of carbonyl (C=O) groups excluding carboxylic acids is 3. The third-order valence-corrected chi connectivity index (χ3v) is 5.46. The van der Waals surface area contributed by atoms with Gasteiger partial charge in [-0.15, -0.1) is 0 Å². The highest BCUT2D eigenvalue weighted by molar-refractivity contribution is 7.80. The maximum absolute atomic E-state index is 13.1. The van der Waals surface area contributed by atoms with Crippen LogP contribution in [0.3, 0.4) is 0 Å². The van der Waals surface area contributed by atoms with Gasteiger partial charge in [-0.05, 0) is 30.5 Å². The second-order valence-corrected chi connectivity index (χ2v) is 8.03. The number of nitrogens with one attached hydrogen (secondary N) is 3. The highest BCUT2D eigenvalue weighted by atomic mass is 32.1. The molecule has 10 nitrogen and oxygen atoms in total. The molecule has 0 aliphatic heterocycles. The second-order valence-electron chi connectivity index (χ2n) is 7.66. The quantitative estimate of drug-likeness (QED) is 0.208. The molecule has 0 heterocycles. The lowest BCUT2D eigenvalue weighted by Gasteiger charge is -2.27. The summed E-state index contributed by atoms with van der Waals surface area (Å²) in [5.74, 6) is -3.22. The first-order valence-electron chi connectivity index (χ1n) is 10.3. The maximum Gasteiger partial charge on any atom is 0.325 e. The number of rotatable bonds is 12. The molecule has 0 aromatic heterocycles. The highest BCUT2D eigenvalue weighted by Gasteiger charge is 2.31. The summed E-state index contributed by atoms with van der Waals surface area (Å²) in [6.45, 7) is 4.90. The van der Waals surface area contributed by atoms with E-state index in [1.165, 1.54) is 19.1 Å². The summed E-state index contributed by atoms with van der Waals surface area (Å²) >= 11 is 3.99. The normalized spacial score (nSPS) is 15.5. The Labute approximate surface area is 192 Å². The van der Waals surface area contributed by atoms with Gasteiger partial charge in [0, 0.05) is 12.2 Å². The van der Waals surface area contributed by atoms with Crippen LogP contribution < -0.4 is 21.7 Å². The zero-order valence-corrected chi connectivity index (χ0v) is 19.3. The predicted octanol–water partition coefficient (Wildman–Crippen LogP) is -0.203. The number of carbonyl (C=O) groups is 4. The predicted molar refractivity (Wildman–Crippen MR) is 122 cm³/mol. The zero-order chi connectivity index (χ0) is 24.4. The van der Waals surface area contributed by atoms with Gasteiger partial charge in [-0.3, -0.25) is 19.2 Å². The number of aromatic hydroxyl groups is 1. The molecule has 0 aliphatic carbocycles. The number of carboxylic acid groups (broad SMARTS) is 1. The Kier molecular flexibility index (Phi) is 11.0.